The van der Waals surface area contributed by atoms with Gasteiger partial charge in [-0.1, -0.05) is 18.2 Å². The molecule has 82 valence electrons. The second kappa shape index (κ2) is 7.91. The first-order chi connectivity index (χ1) is 7.11. The smallest absolute Gasteiger partial charge is 0.324 e. The number of aryl methyl sites for hydroxylation is 1. The predicted molar refractivity (Wildman–Crippen MR) is 56.6 cm³/mol. The summed E-state index contributed by atoms with van der Waals surface area (Å²) in [7, 11) is -0.833. The van der Waals surface area contributed by atoms with E-state index in [0.29, 0.717) is 12.1 Å². The Morgan fingerprint density at radius 2 is 1.93 bits per heavy atom. The van der Waals surface area contributed by atoms with Gasteiger partial charge in [0.2, 0.25) is 0 Å². The summed E-state index contributed by atoms with van der Waals surface area (Å²) in [6.45, 7) is 0. The highest BCUT2D eigenvalue weighted by atomic mass is 31.1. The number of benzene rings is 1. The van der Waals surface area contributed by atoms with Gasteiger partial charge in [0.25, 0.3) is 0 Å². The summed E-state index contributed by atoms with van der Waals surface area (Å²) in [5, 5.41) is 8.42. The number of nitrogens with two attached hydrogens (primary N) is 1. The first-order valence-electron chi connectivity index (χ1n) is 4.13. The fourth-order valence-corrected chi connectivity index (χ4v) is 1.00. The van der Waals surface area contributed by atoms with Crippen LogP contribution in [0.25, 0.3) is 0 Å². The molecular weight excluding hydrogens is 217 g/mol. The van der Waals surface area contributed by atoms with Crippen LogP contribution in [-0.2, 0) is 15.8 Å². The second-order valence-electron chi connectivity index (χ2n) is 2.67. The van der Waals surface area contributed by atoms with Crippen LogP contribution in [0.4, 0.5) is 5.69 Å². The van der Waals surface area contributed by atoms with E-state index in [-0.39, 0.29) is 6.42 Å². The van der Waals surface area contributed by atoms with E-state index in [2.05, 4.69) is 0 Å². The van der Waals surface area contributed by atoms with E-state index < -0.39 is 14.7 Å². The van der Waals surface area contributed by atoms with E-state index in [0.717, 1.165) is 5.56 Å². The van der Waals surface area contributed by atoms with Crippen molar-refractivity contribution in [3.63, 3.8) is 0 Å². The highest BCUT2D eigenvalue weighted by Crippen LogP contribution is 2.12. The molecule has 5 nitrogen and oxygen atoms in total. The normalized spacial score (nSPS) is 9.13. The minimum absolute atomic E-state index is 0.133. The molecule has 0 fully saturated rings. The van der Waals surface area contributed by atoms with E-state index >= 15 is 0 Å². The molecule has 0 atom stereocenters. The number of carboxylic acid groups (broad SMARTS) is 1. The molecule has 0 aliphatic rings. The van der Waals surface area contributed by atoms with Crippen LogP contribution in [0, 0.1) is 0 Å². The van der Waals surface area contributed by atoms with Crippen molar-refractivity contribution < 1.29 is 19.4 Å². The number of carbonyl (C=O) groups is 1. The number of para-hydroxylation sites is 1. The molecular formula is C9H12NO4P. The van der Waals surface area contributed by atoms with Gasteiger partial charge in [-0.2, -0.15) is 0 Å². The number of nitrogen functional groups attached to an aromatic ring is 1. The lowest BCUT2D eigenvalue weighted by Gasteiger charge is -2.01. The molecule has 1 aromatic rings. The SMILES string of the molecule is Nc1ccccc1CCC(=O)O.O=PO. The molecule has 0 bridgehead atoms. The summed E-state index contributed by atoms with van der Waals surface area (Å²) < 4.78 is 8.46. The average Bonchev–Trinajstić information content (AvgIpc) is 2.17. The van der Waals surface area contributed by atoms with E-state index in [1.165, 1.54) is 0 Å². The molecule has 0 aromatic heterocycles. The summed E-state index contributed by atoms with van der Waals surface area (Å²) in [5.41, 5.74) is 7.18. The van der Waals surface area contributed by atoms with Crippen LogP contribution in [0.2, 0.25) is 0 Å². The van der Waals surface area contributed by atoms with Crippen LogP contribution < -0.4 is 5.73 Å². The minimum atomic E-state index is -0.833. The Bertz CT molecular complexity index is 330. The molecule has 1 aromatic carbocycles. The van der Waals surface area contributed by atoms with Gasteiger partial charge in [-0.3, -0.25) is 4.79 Å². The summed E-state index contributed by atoms with van der Waals surface area (Å²) in [6, 6.07) is 7.31. The van der Waals surface area contributed by atoms with E-state index in [1.807, 2.05) is 18.2 Å². The molecule has 4 N–H and O–H groups in total. The Morgan fingerprint density at radius 1 is 1.40 bits per heavy atom. The number of anilines is 1. The Hall–Kier alpha value is -1.45. The molecule has 0 unspecified atom stereocenters. The van der Waals surface area contributed by atoms with Gasteiger partial charge in [-0.05, 0) is 18.1 Å². The first-order valence-corrected chi connectivity index (χ1v) is 4.90. The third-order valence-electron chi connectivity index (χ3n) is 1.66. The average molecular weight is 229 g/mol. The summed E-state index contributed by atoms with van der Waals surface area (Å²) in [4.78, 5) is 17.2. The van der Waals surface area contributed by atoms with Crippen LogP contribution in [0.15, 0.2) is 24.3 Å². The lowest BCUT2D eigenvalue weighted by molar-refractivity contribution is -0.136. The number of hydrogen-bond acceptors (Lipinski definition) is 3. The van der Waals surface area contributed by atoms with Crippen molar-refractivity contribution in [1.82, 2.24) is 0 Å². The number of carboxylic acids is 1. The van der Waals surface area contributed by atoms with Crippen LogP contribution in [0.1, 0.15) is 12.0 Å². The Morgan fingerprint density at radius 3 is 2.40 bits per heavy atom. The highest BCUT2D eigenvalue weighted by molar-refractivity contribution is 7.16. The zero-order valence-electron chi connectivity index (χ0n) is 7.96. The summed E-state index contributed by atoms with van der Waals surface area (Å²) in [5.74, 6) is -0.793. The standard InChI is InChI=1S/C9H11NO2.HO2P/c10-8-4-2-1-3-7(8)5-6-9(11)12;1-3-2/h1-4H,5-6,10H2,(H,11,12);(H,1,2). The van der Waals surface area contributed by atoms with Crippen LogP contribution in [-0.4, -0.2) is 16.0 Å². The van der Waals surface area contributed by atoms with E-state index in [9.17, 15) is 4.79 Å². The highest BCUT2D eigenvalue weighted by Gasteiger charge is 2.00. The molecule has 0 radical (unpaired) electrons. The third-order valence-corrected chi connectivity index (χ3v) is 1.66. The quantitative estimate of drug-likeness (QED) is 0.538. The molecule has 1 rings (SSSR count). The van der Waals surface area contributed by atoms with Crippen LogP contribution in [0.3, 0.4) is 0 Å². The Kier molecular flexibility index (Phi) is 7.14. The van der Waals surface area contributed by atoms with Crippen molar-refractivity contribution in [3.8, 4) is 0 Å². The van der Waals surface area contributed by atoms with Gasteiger partial charge in [-0.25, -0.2) is 4.57 Å². The molecule has 6 heteroatoms. The molecule has 15 heavy (non-hydrogen) atoms. The Labute approximate surface area is 88.8 Å². The van der Waals surface area contributed by atoms with Crippen molar-refractivity contribution in [2.45, 2.75) is 12.8 Å². The number of rotatable bonds is 3. The van der Waals surface area contributed by atoms with Crippen molar-refractivity contribution >= 4 is 20.3 Å². The third kappa shape index (κ3) is 6.60. The van der Waals surface area contributed by atoms with Gasteiger partial charge in [0.15, 0.2) is 0 Å². The van der Waals surface area contributed by atoms with Gasteiger partial charge in [0, 0.05) is 12.1 Å². The van der Waals surface area contributed by atoms with E-state index in [1.54, 1.807) is 6.07 Å². The minimum Gasteiger partial charge on any atom is -0.481 e. The molecule has 0 spiro atoms. The lowest BCUT2D eigenvalue weighted by Crippen LogP contribution is -2.00. The maximum absolute atomic E-state index is 10.2. The lowest BCUT2D eigenvalue weighted by atomic mass is 10.1. The second-order valence-corrected chi connectivity index (χ2v) is 2.84. The van der Waals surface area contributed by atoms with Gasteiger partial charge < -0.3 is 15.7 Å². The topological polar surface area (TPSA) is 101 Å². The molecule has 0 aliphatic heterocycles. The first kappa shape index (κ1) is 13.5. The zero-order valence-corrected chi connectivity index (χ0v) is 8.85. The fourth-order valence-electron chi connectivity index (χ4n) is 1.00. The molecule has 0 saturated heterocycles. The molecule has 0 amide bonds. The monoisotopic (exact) mass is 229 g/mol. The maximum atomic E-state index is 10.2. The fraction of sp³-hybridized carbons (Fsp3) is 0.222. The summed E-state index contributed by atoms with van der Waals surface area (Å²) in [6.07, 6.45) is 0.635. The summed E-state index contributed by atoms with van der Waals surface area (Å²) >= 11 is 0. The maximum Gasteiger partial charge on any atom is 0.324 e. The van der Waals surface area contributed by atoms with Crippen molar-refractivity contribution in [2.24, 2.45) is 0 Å². The van der Waals surface area contributed by atoms with Gasteiger partial charge in [-0.15, -0.1) is 0 Å². The van der Waals surface area contributed by atoms with Crippen LogP contribution >= 0.6 is 8.69 Å². The number of hydrogen-bond donors (Lipinski definition) is 3. The number of aliphatic carboxylic acids is 1. The predicted octanol–water partition coefficient (Wildman–Crippen LogP) is 1.47. The largest absolute Gasteiger partial charge is 0.481 e. The van der Waals surface area contributed by atoms with E-state index in [4.69, 9.17) is 20.3 Å². The van der Waals surface area contributed by atoms with Gasteiger partial charge in [0.1, 0.15) is 0 Å². The van der Waals surface area contributed by atoms with Gasteiger partial charge in [0.05, 0.1) is 0 Å². The van der Waals surface area contributed by atoms with Crippen molar-refractivity contribution in [3.05, 3.63) is 29.8 Å². The van der Waals surface area contributed by atoms with Crippen molar-refractivity contribution in [1.29, 1.82) is 0 Å². The molecule has 0 aliphatic carbocycles. The molecule has 0 heterocycles. The molecule has 0 saturated carbocycles. The van der Waals surface area contributed by atoms with Crippen molar-refractivity contribution in [2.75, 3.05) is 5.73 Å². The van der Waals surface area contributed by atoms with Gasteiger partial charge >= 0.3 is 14.7 Å². The zero-order chi connectivity index (χ0) is 11.7. The van der Waals surface area contributed by atoms with Crippen LogP contribution in [0.5, 0.6) is 0 Å². The Balaban J connectivity index is 0.000000583.